The molecule has 1 fully saturated rings. The maximum absolute atomic E-state index is 11.8. The van der Waals surface area contributed by atoms with Crippen LogP contribution < -0.4 is 5.32 Å². The molecule has 2 N–H and O–H groups in total. The summed E-state index contributed by atoms with van der Waals surface area (Å²) < 4.78 is 1.65. The number of aryl methyl sites for hydroxylation is 1. The molecular weight excluding hydrogens is 266 g/mol. The number of rotatable bonds is 7. The maximum Gasteiger partial charge on any atom is 0.326 e. The zero-order valence-corrected chi connectivity index (χ0v) is 12.1. The van der Waals surface area contributed by atoms with Crippen LogP contribution in [0.4, 0.5) is 0 Å². The zero-order chi connectivity index (χ0) is 14.0. The number of hydrogen-bond acceptors (Lipinski definition) is 3. The van der Waals surface area contributed by atoms with Crippen molar-refractivity contribution in [1.29, 1.82) is 0 Å². The molecule has 0 amide bonds. The summed E-state index contributed by atoms with van der Waals surface area (Å²) in [7, 11) is 0. The van der Waals surface area contributed by atoms with Crippen molar-refractivity contribution in [3.8, 4) is 0 Å². The lowest BCUT2D eigenvalue weighted by Crippen LogP contribution is -2.57. The molecule has 1 aliphatic rings. The molecule has 5 nitrogen and oxygen atoms in total. The van der Waals surface area contributed by atoms with Crippen molar-refractivity contribution in [2.24, 2.45) is 5.92 Å². The van der Waals surface area contributed by atoms with Gasteiger partial charge in [-0.05, 0) is 38.6 Å². The van der Waals surface area contributed by atoms with E-state index in [1.807, 2.05) is 13.8 Å². The first-order chi connectivity index (χ1) is 8.99. The van der Waals surface area contributed by atoms with Crippen molar-refractivity contribution in [3.63, 3.8) is 0 Å². The number of aliphatic carboxylic acids is 1. The Bertz CT molecular complexity index is 451. The van der Waals surface area contributed by atoms with Gasteiger partial charge in [-0.1, -0.05) is 18.5 Å². The highest BCUT2D eigenvalue weighted by Crippen LogP contribution is 2.41. The Morgan fingerprint density at radius 1 is 1.68 bits per heavy atom. The highest BCUT2D eigenvalue weighted by Gasteiger charge is 2.51. The molecule has 0 spiro atoms. The van der Waals surface area contributed by atoms with Gasteiger partial charge < -0.3 is 10.4 Å². The van der Waals surface area contributed by atoms with E-state index in [1.54, 1.807) is 10.9 Å². The van der Waals surface area contributed by atoms with Crippen LogP contribution in [0.1, 0.15) is 31.9 Å². The largest absolute Gasteiger partial charge is 0.480 e. The second-order valence-electron chi connectivity index (χ2n) is 5.24. The number of carbonyl (C=O) groups is 1. The number of halogens is 1. The van der Waals surface area contributed by atoms with E-state index < -0.39 is 11.5 Å². The molecule has 1 heterocycles. The van der Waals surface area contributed by atoms with Crippen molar-refractivity contribution in [3.05, 3.63) is 16.9 Å². The number of carboxylic acid groups (broad SMARTS) is 1. The summed E-state index contributed by atoms with van der Waals surface area (Å²) in [6.45, 7) is 4.86. The van der Waals surface area contributed by atoms with Crippen molar-refractivity contribution < 1.29 is 9.90 Å². The normalized spacial score (nSPS) is 18.3. The first-order valence-electron chi connectivity index (χ1n) is 6.67. The second-order valence-corrected chi connectivity index (χ2v) is 5.64. The predicted molar refractivity (Wildman–Crippen MR) is 73.4 cm³/mol. The summed E-state index contributed by atoms with van der Waals surface area (Å²) in [6.07, 6.45) is 4.51. The summed E-state index contributed by atoms with van der Waals surface area (Å²) in [4.78, 5) is 11.8. The molecule has 1 aliphatic carbocycles. The monoisotopic (exact) mass is 285 g/mol. The molecule has 106 valence electrons. The highest BCUT2D eigenvalue weighted by atomic mass is 35.5. The molecule has 0 aliphatic heterocycles. The van der Waals surface area contributed by atoms with Crippen LogP contribution in [-0.2, 0) is 11.3 Å². The van der Waals surface area contributed by atoms with Gasteiger partial charge in [0.15, 0.2) is 0 Å². The van der Waals surface area contributed by atoms with E-state index in [-0.39, 0.29) is 5.92 Å². The third kappa shape index (κ3) is 2.92. The molecule has 0 aromatic carbocycles. The third-order valence-electron chi connectivity index (χ3n) is 3.64. The van der Waals surface area contributed by atoms with Gasteiger partial charge in [0.05, 0.1) is 17.3 Å². The van der Waals surface area contributed by atoms with Gasteiger partial charge in [0.1, 0.15) is 5.54 Å². The number of hydrogen-bond donors (Lipinski definition) is 2. The van der Waals surface area contributed by atoms with Crippen LogP contribution in [0.5, 0.6) is 0 Å². The van der Waals surface area contributed by atoms with Crippen LogP contribution in [-0.4, -0.2) is 32.9 Å². The molecule has 1 aromatic rings. The molecule has 1 atom stereocenters. The lowest BCUT2D eigenvalue weighted by Gasteiger charge is -2.30. The van der Waals surface area contributed by atoms with E-state index in [0.29, 0.717) is 18.1 Å². The van der Waals surface area contributed by atoms with E-state index in [0.717, 1.165) is 25.0 Å². The summed E-state index contributed by atoms with van der Waals surface area (Å²) in [5, 5.41) is 17.7. The van der Waals surface area contributed by atoms with E-state index in [1.165, 1.54) is 0 Å². The number of nitrogens with one attached hydrogen (secondary N) is 1. The Kier molecular flexibility index (Phi) is 4.16. The first-order valence-corrected chi connectivity index (χ1v) is 7.05. The topological polar surface area (TPSA) is 67.2 Å². The minimum absolute atomic E-state index is 0.180. The van der Waals surface area contributed by atoms with Gasteiger partial charge in [-0.25, -0.2) is 0 Å². The quantitative estimate of drug-likeness (QED) is 0.805. The number of aromatic nitrogens is 2. The smallest absolute Gasteiger partial charge is 0.326 e. The molecule has 6 heteroatoms. The van der Waals surface area contributed by atoms with Gasteiger partial charge >= 0.3 is 5.97 Å². The Hall–Kier alpha value is -1.07. The summed E-state index contributed by atoms with van der Waals surface area (Å²) in [5.41, 5.74) is -0.190. The molecular formula is C13H20ClN3O2. The van der Waals surface area contributed by atoms with Crippen LogP contribution >= 0.6 is 11.6 Å². The second kappa shape index (κ2) is 5.51. The summed E-state index contributed by atoms with van der Waals surface area (Å²) >= 11 is 5.99. The number of nitrogens with zero attached hydrogens (tertiary/aromatic N) is 2. The molecule has 2 rings (SSSR count). The molecule has 1 aromatic heterocycles. The lowest BCUT2D eigenvalue weighted by molar-refractivity contribution is -0.146. The minimum Gasteiger partial charge on any atom is -0.480 e. The van der Waals surface area contributed by atoms with Gasteiger partial charge in [0, 0.05) is 6.20 Å². The van der Waals surface area contributed by atoms with Crippen molar-refractivity contribution in [1.82, 2.24) is 15.1 Å². The fourth-order valence-corrected chi connectivity index (χ4v) is 2.55. The standard InChI is InChI=1S/C13H20ClN3O2/c1-3-6-15-13(12(18)19,10-4-5-10)8-17-7-11(14)9(2)16-17/h7,10,15H,3-6,8H2,1-2H3,(H,18,19). The summed E-state index contributed by atoms with van der Waals surface area (Å²) in [6, 6.07) is 0. The molecule has 1 saturated carbocycles. The molecule has 0 saturated heterocycles. The lowest BCUT2D eigenvalue weighted by atomic mass is 9.93. The Morgan fingerprint density at radius 3 is 2.79 bits per heavy atom. The average Bonchev–Trinajstić information content (AvgIpc) is 3.13. The van der Waals surface area contributed by atoms with Crippen LogP contribution in [0, 0.1) is 12.8 Å². The molecule has 0 bridgehead atoms. The van der Waals surface area contributed by atoms with Gasteiger partial charge in [0.2, 0.25) is 0 Å². The number of carboxylic acids is 1. The average molecular weight is 286 g/mol. The van der Waals surface area contributed by atoms with Crippen molar-refractivity contribution >= 4 is 17.6 Å². The van der Waals surface area contributed by atoms with Gasteiger partial charge in [-0.2, -0.15) is 5.10 Å². The molecule has 0 radical (unpaired) electrons. The Morgan fingerprint density at radius 2 is 2.37 bits per heavy atom. The van der Waals surface area contributed by atoms with Crippen molar-refractivity contribution in [2.75, 3.05) is 6.54 Å². The fourth-order valence-electron chi connectivity index (χ4n) is 2.40. The van der Waals surface area contributed by atoms with E-state index >= 15 is 0 Å². The Balaban J connectivity index is 2.23. The highest BCUT2D eigenvalue weighted by molar-refractivity contribution is 6.31. The molecule has 1 unspecified atom stereocenters. The van der Waals surface area contributed by atoms with Gasteiger partial charge in [-0.3, -0.25) is 9.48 Å². The maximum atomic E-state index is 11.8. The van der Waals surface area contributed by atoms with Gasteiger partial charge in [-0.15, -0.1) is 0 Å². The third-order valence-corrected chi connectivity index (χ3v) is 4.02. The predicted octanol–water partition coefficient (Wildman–Crippen LogP) is 2.08. The fraction of sp³-hybridized carbons (Fsp3) is 0.692. The van der Waals surface area contributed by atoms with E-state index in [9.17, 15) is 9.90 Å². The minimum atomic E-state index is -0.919. The van der Waals surface area contributed by atoms with E-state index in [2.05, 4.69) is 10.4 Å². The molecule has 19 heavy (non-hydrogen) atoms. The Labute approximate surface area is 117 Å². The van der Waals surface area contributed by atoms with Crippen LogP contribution in [0.25, 0.3) is 0 Å². The van der Waals surface area contributed by atoms with Crippen LogP contribution in [0.15, 0.2) is 6.20 Å². The van der Waals surface area contributed by atoms with Crippen molar-refractivity contribution in [2.45, 2.75) is 45.2 Å². The van der Waals surface area contributed by atoms with Gasteiger partial charge in [0.25, 0.3) is 0 Å². The van der Waals surface area contributed by atoms with Crippen LogP contribution in [0.2, 0.25) is 5.02 Å². The van der Waals surface area contributed by atoms with Crippen LogP contribution in [0.3, 0.4) is 0 Å². The summed E-state index contributed by atoms with van der Waals surface area (Å²) in [5.74, 6) is -0.618. The first kappa shape index (κ1) is 14.3. The SMILES string of the molecule is CCCNC(Cn1cc(Cl)c(C)n1)(C(=O)O)C1CC1. The van der Waals surface area contributed by atoms with E-state index in [4.69, 9.17) is 11.6 Å². The zero-order valence-electron chi connectivity index (χ0n) is 11.3.